The summed E-state index contributed by atoms with van der Waals surface area (Å²) in [5.74, 6) is -0.758. The van der Waals surface area contributed by atoms with E-state index in [2.05, 4.69) is 4.74 Å². The van der Waals surface area contributed by atoms with Gasteiger partial charge in [0.2, 0.25) is 0 Å². The second-order valence-electron chi connectivity index (χ2n) is 4.29. The Morgan fingerprint density at radius 2 is 1.91 bits per heavy atom. The van der Waals surface area contributed by atoms with Gasteiger partial charge in [-0.1, -0.05) is 18.2 Å². The lowest BCUT2D eigenvalue weighted by Gasteiger charge is -2.07. The number of rotatable bonds is 5. The van der Waals surface area contributed by atoms with Crippen LogP contribution in [0.2, 0.25) is 0 Å². The number of ether oxygens (including phenoxy) is 2. The molecule has 2 aromatic rings. The van der Waals surface area contributed by atoms with Crippen molar-refractivity contribution in [2.45, 2.75) is 13.2 Å². The molecule has 0 radical (unpaired) electrons. The fourth-order valence-electron chi connectivity index (χ4n) is 1.71. The second-order valence-corrected chi connectivity index (χ2v) is 4.29. The van der Waals surface area contributed by atoms with Crippen molar-refractivity contribution in [3.05, 3.63) is 65.2 Å². The van der Waals surface area contributed by atoms with Crippen molar-refractivity contribution >= 4 is 5.97 Å². The highest BCUT2D eigenvalue weighted by atomic mass is 19.3. The van der Waals surface area contributed by atoms with Crippen molar-refractivity contribution in [1.82, 2.24) is 0 Å². The molecule has 4 nitrogen and oxygen atoms in total. The highest BCUT2D eigenvalue weighted by Gasteiger charge is 2.11. The van der Waals surface area contributed by atoms with Crippen LogP contribution in [0.25, 0.3) is 0 Å². The molecule has 0 fully saturated rings. The first-order chi connectivity index (χ1) is 10.6. The zero-order valence-electron chi connectivity index (χ0n) is 11.3. The predicted molar refractivity (Wildman–Crippen MR) is 73.4 cm³/mol. The molecule has 0 aromatic heterocycles. The summed E-state index contributed by atoms with van der Waals surface area (Å²) >= 11 is 0. The predicted octanol–water partition coefficient (Wildman–Crippen LogP) is 3.52. The van der Waals surface area contributed by atoms with Crippen LogP contribution in [0, 0.1) is 11.3 Å². The molecule has 0 N–H and O–H groups in total. The van der Waals surface area contributed by atoms with Crippen LogP contribution >= 0.6 is 0 Å². The molecular weight excluding hydrogens is 292 g/mol. The van der Waals surface area contributed by atoms with Crippen LogP contribution < -0.4 is 4.74 Å². The SMILES string of the molecule is N#Cc1ccc(COC(=O)c2cccc(OC(F)F)c2)cc1. The van der Waals surface area contributed by atoms with E-state index < -0.39 is 12.6 Å². The van der Waals surface area contributed by atoms with Crippen molar-refractivity contribution in [2.24, 2.45) is 0 Å². The number of halogens is 2. The van der Waals surface area contributed by atoms with Gasteiger partial charge in [0.1, 0.15) is 12.4 Å². The third-order valence-electron chi connectivity index (χ3n) is 2.75. The minimum atomic E-state index is -2.95. The molecule has 0 amide bonds. The van der Waals surface area contributed by atoms with Gasteiger partial charge < -0.3 is 9.47 Å². The highest BCUT2D eigenvalue weighted by Crippen LogP contribution is 2.17. The molecular formula is C16H11F2NO3. The lowest BCUT2D eigenvalue weighted by Crippen LogP contribution is -2.07. The van der Waals surface area contributed by atoms with Gasteiger partial charge in [-0.3, -0.25) is 0 Å². The fraction of sp³-hybridized carbons (Fsp3) is 0.125. The number of hydrogen-bond donors (Lipinski definition) is 0. The summed E-state index contributed by atoms with van der Waals surface area (Å²) in [5, 5.41) is 8.68. The quantitative estimate of drug-likeness (QED) is 0.793. The maximum atomic E-state index is 12.1. The van der Waals surface area contributed by atoms with E-state index in [9.17, 15) is 13.6 Å². The van der Waals surface area contributed by atoms with Gasteiger partial charge >= 0.3 is 12.6 Å². The molecule has 22 heavy (non-hydrogen) atoms. The van der Waals surface area contributed by atoms with Crippen molar-refractivity contribution in [3.8, 4) is 11.8 Å². The van der Waals surface area contributed by atoms with Crippen LogP contribution in [0.5, 0.6) is 5.75 Å². The first-order valence-corrected chi connectivity index (χ1v) is 6.29. The van der Waals surface area contributed by atoms with Gasteiger partial charge in [-0.15, -0.1) is 0 Å². The molecule has 0 aliphatic rings. The number of nitriles is 1. The Kier molecular flexibility index (Phi) is 5.04. The number of esters is 1. The summed E-state index contributed by atoms with van der Waals surface area (Å²) in [4.78, 5) is 11.9. The van der Waals surface area contributed by atoms with Crippen LogP contribution in [0.15, 0.2) is 48.5 Å². The maximum Gasteiger partial charge on any atom is 0.387 e. The fourth-order valence-corrected chi connectivity index (χ4v) is 1.71. The average molecular weight is 303 g/mol. The van der Waals surface area contributed by atoms with Gasteiger partial charge in [0, 0.05) is 0 Å². The Morgan fingerprint density at radius 3 is 2.55 bits per heavy atom. The Labute approximate surface area is 125 Å². The molecule has 2 aromatic carbocycles. The number of alkyl halides is 2. The van der Waals surface area contributed by atoms with Gasteiger partial charge in [0.15, 0.2) is 0 Å². The van der Waals surface area contributed by atoms with E-state index >= 15 is 0 Å². The highest BCUT2D eigenvalue weighted by molar-refractivity contribution is 5.89. The minimum absolute atomic E-state index is 0.0183. The number of benzene rings is 2. The van der Waals surface area contributed by atoms with E-state index in [0.29, 0.717) is 11.1 Å². The van der Waals surface area contributed by atoms with E-state index in [1.54, 1.807) is 24.3 Å². The Hall–Kier alpha value is -2.94. The van der Waals surface area contributed by atoms with Crippen LogP contribution in [-0.4, -0.2) is 12.6 Å². The van der Waals surface area contributed by atoms with E-state index in [0.717, 1.165) is 0 Å². The zero-order chi connectivity index (χ0) is 15.9. The lowest BCUT2D eigenvalue weighted by atomic mass is 10.1. The van der Waals surface area contributed by atoms with Crippen molar-refractivity contribution < 1.29 is 23.0 Å². The molecule has 6 heteroatoms. The molecule has 0 spiro atoms. The van der Waals surface area contributed by atoms with Gasteiger partial charge in [-0.25, -0.2) is 4.79 Å². The normalized spacial score (nSPS) is 10.1. The molecule has 112 valence electrons. The Morgan fingerprint density at radius 1 is 1.18 bits per heavy atom. The van der Waals surface area contributed by atoms with Gasteiger partial charge in [-0.2, -0.15) is 14.0 Å². The molecule has 0 unspecified atom stereocenters. The maximum absolute atomic E-state index is 12.1. The van der Waals surface area contributed by atoms with Crippen molar-refractivity contribution in [1.29, 1.82) is 5.26 Å². The largest absolute Gasteiger partial charge is 0.457 e. The number of carbonyl (C=O) groups excluding carboxylic acids is 1. The molecule has 0 heterocycles. The van der Waals surface area contributed by atoms with Gasteiger partial charge in [0.05, 0.1) is 17.2 Å². The first-order valence-electron chi connectivity index (χ1n) is 6.29. The first kappa shape index (κ1) is 15.4. The standard InChI is InChI=1S/C16H11F2NO3/c17-16(18)22-14-3-1-2-13(8-14)15(20)21-10-12-6-4-11(9-19)5-7-12/h1-8,16H,10H2. The smallest absolute Gasteiger partial charge is 0.387 e. The van der Waals surface area contributed by atoms with Crippen LogP contribution in [0.1, 0.15) is 21.5 Å². The van der Waals surface area contributed by atoms with Gasteiger partial charge in [-0.05, 0) is 35.9 Å². The third-order valence-corrected chi connectivity index (χ3v) is 2.75. The number of nitrogens with zero attached hydrogens (tertiary/aromatic N) is 1. The summed E-state index contributed by atoms with van der Waals surface area (Å²) in [6.45, 7) is -2.94. The summed E-state index contributed by atoms with van der Waals surface area (Å²) in [6, 6.07) is 13.9. The van der Waals surface area contributed by atoms with E-state index in [4.69, 9.17) is 10.00 Å². The summed E-state index contributed by atoms with van der Waals surface area (Å²) in [5.41, 5.74) is 1.34. The van der Waals surface area contributed by atoms with Crippen LogP contribution in [0.4, 0.5) is 8.78 Å². The van der Waals surface area contributed by atoms with E-state index in [1.807, 2.05) is 6.07 Å². The molecule has 0 aliphatic heterocycles. The molecule has 0 atom stereocenters. The summed E-state index contributed by atoms with van der Waals surface area (Å²) in [7, 11) is 0. The zero-order valence-corrected chi connectivity index (χ0v) is 11.3. The molecule has 0 saturated carbocycles. The Bertz CT molecular complexity index is 693. The summed E-state index contributed by atoms with van der Waals surface area (Å²) in [6.07, 6.45) is 0. The minimum Gasteiger partial charge on any atom is -0.457 e. The topological polar surface area (TPSA) is 59.3 Å². The van der Waals surface area contributed by atoms with Crippen molar-refractivity contribution in [2.75, 3.05) is 0 Å². The molecule has 0 bridgehead atoms. The average Bonchev–Trinajstić information content (AvgIpc) is 2.52. The van der Waals surface area contributed by atoms with Crippen LogP contribution in [0.3, 0.4) is 0 Å². The number of hydrogen-bond acceptors (Lipinski definition) is 4. The molecule has 0 saturated heterocycles. The molecule has 0 aliphatic carbocycles. The number of carbonyl (C=O) groups is 1. The van der Waals surface area contributed by atoms with Crippen molar-refractivity contribution in [3.63, 3.8) is 0 Å². The van der Waals surface area contributed by atoms with Gasteiger partial charge in [0.25, 0.3) is 0 Å². The monoisotopic (exact) mass is 303 g/mol. The summed E-state index contributed by atoms with van der Waals surface area (Å²) < 4.78 is 33.6. The second kappa shape index (κ2) is 7.18. The third kappa shape index (κ3) is 4.28. The van der Waals surface area contributed by atoms with E-state index in [1.165, 1.54) is 24.3 Å². The lowest BCUT2D eigenvalue weighted by molar-refractivity contribution is -0.0499. The van der Waals surface area contributed by atoms with Crippen LogP contribution in [-0.2, 0) is 11.3 Å². The Balaban J connectivity index is 1.98. The molecule has 2 rings (SSSR count). The van der Waals surface area contributed by atoms with E-state index in [-0.39, 0.29) is 17.9 Å².